The van der Waals surface area contributed by atoms with Crippen LogP contribution in [0.25, 0.3) is 22.3 Å². The van der Waals surface area contributed by atoms with Crippen molar-refractivity contribution in [1.29, 1.82) is 0 Å². The smallest absolute Gasteiger partial charge is 0.259 e. The van der Waals surface area contributed by atoms with Crippen molar-refractivity contribution < 1.29 is 4.74 Å². The molecule has 0 aliphatic carbocycles. The lowest BCUT2D eigenvalue weighted by molar-refractivity contribution is 0.121. The van der Waals surface area contributed by atoms with E-state index in [-0.39, 0.29) is 5.56 Å². The highest BCUT2D eigenvalue weighted by atomic mass is 16.5. The van der Waals surface area contributed by atoms with E-state index in [1.807, 2.05) is 42.5 Å². The predicted octanol–water partition coefficient (Wildman–Crippen LogP) is 3.52. The van der Waals surface area contributed by atoms with Gasteiger partial charge in [0.2, 0.25) is 0 Å². The molecule has 0 amide bonds. The summed E-state index contributed by atoms with van der Waals surface area (Å²) in [5.74, 6) is 0.588. The average molecular weight is 294 g/mol. The number of H-pyrrole nitrogens is 1. The molecule has 112 valence electrons. The van der Waals surface area contributed by atoms with E-state index in [1.165, 1.54) is 0 Å². The van der Waals surface area contributed by atoms with Gasteiger partial charge in [0.25, 0.3) is 5.56 Å². The highest BCUT2D eigenvalue weighted by Gasteiger charge is 2.05. The fraction of sp³-hybridized carbons (Fsp3) is 0.222. The Morgan fingerprint density at radius 1 is 1.09 bits per heavy atom. The van der Waals surface area contributed by atoms with Crippen LogP contribution < -0.4 is 5.56 Å². The molecule has 0 radical (unpaired) electrons. The number of para-hydroxylation sites is 1. The number of rotatable bonds is 5. The van der Waals surface area contributed by atoms with Crippen molar-refractivity contribution >= 4 is 10.9 Å². The van der Waals surface area contributed by atoms with Gasteiger partial charge < -0.3 is 9.72 Å². The van der Waals surface area contributed by atoms with Gasteiger partial charge in [-0.1, -0.05) is 43.3 Å². The standard InChI is InChI=1S/C18H18N2O2/c1-2-11-22-12-13-7-9-14(10-8-13)17-19-16-6-4-3-5-15(16)18(21)20-17/h3-10H,2,11-12H2,1H3,(H,19,20,21). The van der Waals surface area contributed by atoms with Gasteiger partial charge in [-0.15, -0.1) is 0 Å². The van der Waals surface area contributed by atoms with Crippen LogP contribution in [-0.4, -0.2) is 16.6 Å². The van der Waals surface area contributed by atoms with Crippen LogP contribution in [0.1, 0.15) is 18.9 Å². The zero-order valence-corrected chi connectivity index (χ0v) is 12.5. The van der Waals surface area contributed by atoms with Crippen LogP contribution >= 0.6 is 0 Å². The quantitative estimate of drug-likeness (QED) is 0.733. The first-order valence-corrected chi connectivity index (χ1v) is 7.44. The Morgan fingerprint density at radius 2 is 1.86 bits per heavy atom. The van der Waals surface area contributed by atoms with Crippen molar-refractivity contribution in [3.8, 4) is 11.4 Å². The summed E-state index contributed by atoms with van der Waals surface area (Å²) in [6.07, 6.45) is 1.01. The first kappa shape index (κ1) is 14.5. The molecular formula is C18H18N2O2. The van der Waals surface area contributed by atoms with E-state index >= 15 is 0 Å². The van der Waals surface area contributed by atoms with Crippen LogP contribution in [0.3, 0.4) is 0 Å². The van der Waals surface area contributed by atoms with Gasteiger partial charge in [-0.2, -0.15) is 0 Å². The maximum Gasteiger partial charge on any atom is 0.259 e. The van der Waals surface area contributed by atoms with Crippen molar-refractivity contribution in [2.24, 2.45) is 0 Å². The summed E-state index contributed by atoms with van der Waals surface area (Å²) in [7, 11) is 0. The van der Waals surface area contributed by atoms with Gasteiger partial charge in [-0.25, -0.2) is 4.98 Å². The molecule has 0 fully saturated rings. The fourth-order valence-electron chi connectivity index (χ4n) is 2.32. The molecule has 1 N–H and O–H groups in total. The highest BCUT2D eigenvalue weighted by Crippen LogP contribution is 2.17. The van der Waals surface area contributed by atoms with Crippen molar-refractivity contribution in [2.45, 2.75) is 20.0 Å². The molecule has 1 aromatic heterocycles. The van der Waals surface area contributed by atoms with Gasteiger partial charge in [0.1, 0.15) is 5.82 Å². The molecule has 0 atom stereocenters. The second-order valence-electron chi connectivity index (χ2n) is 5.18. The Morgan fingerprint density at radius 3 is 2.64 bits per heavy atom. The zero-order valence-electron chi connectivity index (χ0n) is 12.5. The molecular weight excluding hydrogens is 276 g/mol. The number of nitrogens with zero attached hydrogens (tertiary/aromatic N) is 1. The molecule has 1 heterocycles. The van der Waals surface area contributed by atoms with Crippen LogP contribution in [0.5, 0.6) is 0 Å². The van der Waals surface area contributed by atoms with Crippen molar-refractivity contribution in [3.05, 3.63) is 64.4 Å². The number of fused-ring (bicyclic) bond motifs is 1. The summed E-state index contributed by atoms with van der Waals surface area (Å²) in [5, 5.41) is 0.607. The molecule has 0 aliphatic rings. The molecule has 3 rings (SSSR count). The Balaban J connectivity index is 1.89. The number of hydrogen-bond acceptors (Lipinski definition) is 3. The lowest BCUT2D eigenvalue weighted by Crippen LogP contribution is -2.09. The van der Waals surface area contributed by atoms with Gasteiger partial charge in [-0.05, 0) is 24.1 Å². The van der Waals surface area contributed by atoms with Gasteiger partial charge in [0.15, 0.2) is 0 Å². The molecule has 2 aromatic carbocycles. The molecule has 0 saturated carbocycles. The number of aromatic amines is 1. The molecule has 0 aliphatic heterocycles. The molecule has 4 nitrogen and oxygen atoms in total. The van der Waals surface area contributed by atoms with E-state index in [2.05, 4.69) is 16.9 Å². The van der Waals surface area contributed by atoms with E-state index in [0.29, 0.717) is 23.3 Å². The van der Waals surface area contributed by atoms with Crippen LogP contribution in [0.15, 0.2) is 53.3 Å². The average Bonchev–Trinajstić information content (AvgIpc) is 2.56. The van der Waals surface area contributed by atoms with Crippen molar-refractivity contribution in [1.82, 2.24) is 9.97 Å². The summed E-state index contributed by atoms with van der Waals surface area (Å²) in [5.41, 5.74) is 2.59. The summed E-state index contributed by atoms with van der Waals surface area (Å²) >= 11 is 0. The van der Waals surface area contributed by atoms with Crippen LogP contribution in [0.2, 0.25) is 0 Å². The van der Waals surface area contributed by atoms with Crippen LogP contribution in [-0.2, 0) is 11.3 Å². The second-order valence-corrected chi connectivity index (χ2v) is 5.18. The monoisotopic (exact) mass is 294 g/mol. The Kier molecular flexibility index (Phi) is 4.30. The third kappa shape index (κ3) is 3.07. The number of aromatic nitrogens is 2. The summed E-state index contributed by atoms with van der Waals surface area (Å²) in [6, 6.07) is 15.3. The number of hydrogen-bond donors (Lipinski definition) is 1. The van der Waals surface area contributed by atoms with E-state index < -0.39 is 0 Å². The highest BCUT2D eigenvalue weighted by molar-refractivity contribution is 5.79. The van der Waals surface area contributed by atoms with Gasteiger partial charge >= 0.3 is 0 Å². The van der Waals surface area contributed by atoms with E-state index in [4.69, 9.17) is 4.74 Å². The third-order valence-electron chi connectivity index (χ3n) is 3.46. The third-order valence-corrected chi connectivity index (χ3v) is 3.46. The topological polar surface area (TPSA) is 55.0 Å². The minimum absolute atomic E-state index is 0.115. The fourth-order valence-corrected chi connectivity index (χ4v) is 2.32. The molecule has 0 spiro atoms. The molecule has 0 bridgehead atoms. The van der Waals surface area contributed by atoms with Crippen molar-refractivity contribution in [3.63, 3.8) is 0 Å². The zero-order chi connectivity index (χ0) is 15.4. The van der Waals surface area contributed by atoms with Gasteiger partial charge in [0.05, 0.1) is 17.5 Å². The first-order valence-electron chi connectivity index (χ1n) is 7.44. The summed E-state index contributed by atoms with van der Waals surface area (Å²) in [4.78, 5) is 19.5. The van der Waals surface area contributed by atoms with Gasteiger partial charge in [-0.3, -0.25) is 4.79 Å². The Labute approximate surface area is 128 Å². The van der Waals surface area contributed by atoms with E-state index in [1.54, 1.807) is 6.07 Å². The second kappa shape index (κ2) is 6.54. The van der Waals surface area contributed by atoms with Gasteiger partial charge in [0, 0.05) is 12.2 Å². The molecule has 0 saturated heterocycles. The summed E-state index contributed by atoms with van der Waals surface area (Å²) in [6.45, 7) is 3.46. The lowest BCUT2D eigenvalue weighted by atomic mass is 10.1. The number of ether oxygens (including phenoxy) is 1. The summed E-state index contributed by atoms with van der Waals surface area (Å²) < 4.78 is 5.52. The molecule has 4 heteroatoms. The molecule has 3 aromatic rings. The predicted molar refractivity (Wildman–Crippen MR) is 87.7 cm³/mol. The van der Waals surface area contributed by atoms with Crippen molar-refractivity contribution in [2.75, 3.05) is 6.61 Å². The largest absolute Gasteiger partial charge is 0.377 e. The van der Waals surface area contributed by atoms with Crippen LogP contribution in [0, 0.1) is 0 Å². The maximum absolute atomic E-state index is 12.1. The molecule has 0 unspecified atom stereocenters. The number of benzene rings is 2. The van der Waals surface area contributed by atoms with E-state index in [9.17, 15) is 4.79 Å². The van der Waals surface area contributed by atoms with E-state index in [0.717, 1.165) is 24.2 Å². The lowest BCUT2D eigenvalue weighted by Gasteiger charge is -2.06. The minimum atomic E-state index is -0.115. The number of nitrogens with one attached hydrogen (secondary N) is 1. The van der Waals surface area contributed by atoms with Crippen LogP contribution in [0.4, 0.5) is 0 Å². The minimum Gasteiger partial charge on any atom is -0.377 e. The maximum atomic E-state index is 12.1. The molecule has 22 heavy (non-hydrogen) atoms. The SMILES string of the molecule is CCCOCc1ccc(-c2nc3ccccc3c(=O)[nH]2)cc1. The normalized spacial score (nSPS) is 11.0. The first-order chi connectivity index (χ1) is 10.8. The Bertz CT molecular complexity index is 822. The Hall–Kier alpha value is -2.46.